The van der Waals surface area contributed by atoms with Crippen LogP contribution in [0.2, 0.25) is 0 Å². The van der Waals surface area contributed by atoms with E-state index in [0.717, 1.165) is 12.8 Å². The van der Waals surface area contributed by atoms with Gasteiger partial charge in [-0.15, -0.1) is 0 Å². The summed E-state index contributed by atoms with van der Waals surface area (Å²) in [6.07, 6.45) is 1.98. The molecule has 0 amide bonds. The van der Waals surface area contributed by atoms with Gasteiger partial charge >= 0.3 is 0 Å². The summed E-state index contributed by atoms with van der Waals surface area (Å²) in [5.74, 6) is -1.62. The molecule has 92 valence electrons. The highest BCUT2D eigenvalue weighted by Gasteiger charge is 2.13. The average molecular weight is 238 g/mol. The van der Waals surface area contributed by atoms with Gasteiger partial charge < -0.3 is 5.32 Å². The molecule has 0 fully saturated rings. The minimum absolute atomic E-state index is 0.119. The van der Waals surface area contributed by atoms with E-state index in [2.05, 4.69) is 19.2 Å². The molecule has 0 saturated heterocycles. The molecule has 2 nitrogen and oxygen atoms in total. The third-order valence-corrected chi connectivity index (χ3v) is 2.94. The summed E-state index contributed by atoms with van der Waals surface area (Å²) in [6, 6.07) is 4.30. The lowest BCUT2D eigenvalue weighted by Gasteiger charge is -2.15. The minimum atomic E-state index is -1.08. The van der Waals surface area contributed by atoms with Gasteiger partial charge in [0, 0.05) is 6.54 Å². The van der Waals surface area contributed by atoms with Crippen LogP contribution >= 0.6 is 0 Å². The van der Waals surface area contributed by atoms with Crippen LogP contribution in [0.1, 0.15) is 32.3 Å². The van der Waals surface area contributed by atoms with E-state index in [1.165, 1.54) is 12.1 Å². The summed E-state index contributed by atoms with van der Waals surface area (Å²) in [4.78, 5) is 0. The van der Waals surface area contributed by atoms with E-state index in [0.29, 0.717) is 12.5 Å². The highest BCUT2D eigenvalue weighted by Crippen LogP contribution is 2.21. The molecule has 0 aliphatic carbocycles. The van der Waals surface area contributed by atoms with Gasteiger partial charge in [0.2, 0.25) is 0 Å². The van der Waals surface area contributed by atoms with Crippen LogP contribution in [0, 0.1) is 28.9 Å². The van der Waals surface area contributed by atoms with Crippen molar-refractivity contribution in [2.75, 3.05) is 11.9 Å². The van der Waals surface area contributed by atoms with Gasteiger partial charge in [-0.25, -0.2) is 8.78 Å². The molecular formula is C13H16F2N2. The minimum Gasteiger partial charge on any atom is -0.382 e. The molecule has 1 N–H and O–H groups in total. The summed E-state index contributed by atoms with van der Waals surface area (Å²) in [5, 5.41) is 11.4. The molecule has 0 aliphatic rings. The first-order chi connectivity index (χ1) is 8.13. The van der Waals surface area contributed by atoms with Gasteiger partial charge in [-0.3, -0.25) is 0 Å². The second-order valence-electron chi connectivity index (χ2n) is 3.96. The Hall–Kier alpha value is -1.63. The third-order valence-electron chi connectivity index (χ3n) is 2.94. The molecule has 1 aromatic carbocycles. The molecule has 0 atom stereocenters. The van der Waals surface area contributed by atoms with Crippen LogP contribution in [0.3, 0.4) is 0 Å². The van der Waals surface area contributed by atoms with Crippen LogP contribution in [-0.4, -0.2) is 6.54 Å². The molecule has 0 spiro atoms. The quantitative estimate of drug-likeness (QED) is 0.849. The lowest BCUT2D eigenvalue weighted by Crippen LogP contribution is -2.14. The zero-order chi connectivity index (χ0) is 12.8. The first-order valence-electron chi connectivity index (χ1n) is 5.75. The van der Waals surface area contributed by atoms with E-state index < -0.39 is 11.6 Å². The molecule has 17 heavy (non-hydrogen) atoms. The van der Waals surface area contributed by atoms with E-state index in [9.17, 15) is 8.78 Å². The highest BCUT2D eigenvalue weighted by molar-refractivity contribution is 5.49. The maximum absolute atomic E-state index is 13.5. The van der Waals surface area contributed by atoms with Gasteiger partial charge in [0.1, 0.15) is 6.07 Å². The molecular weight excluding hydrogens is 222 g/mol. The largest absolute Gasteiger partial charge is 0.382 e. The van der Waals surface area contributed by atoms with E-state index in [-0.39, 0.29) is 11.3 Å². The zero-order valence-corrected chi connectivity index (χ0v) is 10.1. The predicted octanol–water partition coefficient (Wildman–Crippen LogP) is 3.68. The Balaban J connectivity index is 2.80. The molecule has 0 aromatic heterocycles. The fourth-order valence-electron chi connectivity index (χ4n) is 1.60. The van der Waals surface area contributed by atoms with Crippen molar-refractivity contribution >= 4 is 5.69 Å². The van der Waals surface area contributed by atoms with Crippen molar-refractivity contribution < 1.29 is 8.78 Å². The third kappa shape index (κ3) is 3.16. The van der Waals surface area contributed by atoms with Crippen molar-refractivity contribution in [2.45, 2.75) is 26.7 Å². The van der Waals surface area contributed by atoms with Gasteiger partial charge in [-0.1, -0.05) is 26.7 Å². The van der Waals surface area contributed by atoms with Crippen molar-refractivity contribution in [1.29, 1.82) is 5.26 Å². The predicted molar refractivity (Wildman–Crippen MR) is 63.6 cm³/mol. The zero-order valence-electron chi connectivity index (χ0n) is 10.1. The monoisotopic (exact) mass is 238 g/mol. The summed E-state index contributed by atoms with van der Waals surface area (Å²) in [5.41, 5.74) is -0.149. The van der Waals surface area contributed by atoms with E-state index in [1.54, 1.807) is 6.07 Å². The number of hydrogen-bond acceptors (Lipinski definition) is 2. The maximum Gasteiger partial charge on any atom is 0.183 e. The van der Waals surface area contributed by atoms with Crippen LogP contribution in [0.5, 0.6) is 0 Å². The first-order valence-corrected chi connectivity index (χ1v) is 5.75. The number of nitrogens with one attached hydrogen (secondary N) is 1. The van der Waals surface area contributed by atoms with Crippen LogP contribution in [0.15, 0.2) is 12.1 Å². The number of nitrogens with zero attached hydrogens (tertiary/aromatic N) is 1. The molecule has 0 bridgehead atoms. The summed E-state index contributed by atoms with van der Waals surface area (Å²) < 4.78 is 26.8. The van der Waals surface area contributed by atoms with Crippen molar-refractivity contribution in [2.24, 2.45) is 5.92 Å². The van der Waals surface area contributed by atoms with Crippen molar-refractivity contribution in [3.63, 3.8) is 0 Å². The number of rotatable bonds is 5. The van der Waals surface area contributed by atoms with Gasteiger partial charge in [-0.05, 0) is 18.1 Å². The fourth-order valence-corrected chi connectivity index (χ4v) is 1.60. The average Bonchev–Trinajstić information content (AvgIpc) is 2.35. The molecule has 4 heteroatoms. The smallest absolute Gasteiger partial charge is 0.183 e. The van der Waals surface area contributed by atoms with Gasteiger partial charge in [0.05, 0.1) is 11.3 Å². The fraction of sp³-hybridized carbons (Fsp3) is 0.462. The van der Waals surface area contributed by atoms with Crippen LogP contribution in [-0.2, 0) is 0 Å². The Labute approximate surface area is 100 Å². The Kier molecular flexibility index (Phi) is 4.89. The number of benzene rings is 1. The summed E-state index contributed by atoms with van der Waals surface area (Å²) >= 11 is 0. The summed E-state index contributed by atoms with van der Waals surface area (Å²) in [7, 11) is 0. The molecule has 0 aliphatic heterocycles. The Morgan fingerprint density at radius 3 is 2.41 bits per heavy atom. The van der Waals surface area contributed by atoms with Gasteiger partial charge in [0.25, 0.3) is 0 Å². The maximum atomic E-state index is 13.5. The second kappa shape index (κ2) is 6.19. The number of nitriles is 1. The first kappa shape index (κ1) is 13.4. The topological polar surface area (TPSA) is 35.8 Å². The van der Waals surface area contributed by atoms with Crippen molar-refractivity contribution in [3.05, 3.63) is 29.3 Å². The molecule has 0 radical (unpaired) electrons. The molecule has 0 unspecified atom stereocenters. The second-order valence-corrected chi connectivity index (χ2v) is 3.96. The Morgan fingerprint density at radius 2 is 1.88 bits per heavy atom. The normalized spacial score (nSPS) is 10.4. The van der Waals surface area contributed by atoms with Crippen LogP contribution in [0.4, 0.5) is 14.5 Å². The van der Waals surface area contributed by atoms with E-state index in [1.807, 2.05) is 0 Å². The SMILES string of the molecule is CCC(CC)CNc1ccc(C#N)c(F)c1F. The molecule has 1 aromatic rings. The molecule has 0 heterocycles. The lowest BCUT2D eigenvalue weighted by atomic mass is 10.0. The Morgan fingerprint density at radius 1 is 1.24 bits per heavy atom. The standard InChI is InChI=1S/C13H16F2N2/c1-3-9(4-2)8-17-11-6-5-10(7-16)12(14)13(11)15/h5-6,9,17H,3-4,8H2,1-2H3. The van der Waals surface area contributed by atoms with Gasteiger partial charge in [-0.2, -0.15) is 5.26 Å². The highest BCUT2D eigenvalue weighted by atomic mass is 19.2. The van der Waals surface area contributed by atoms with Crippen molar-refractivity contribution in [1.82, 2.24) is 0 Å². The lowest BCUT2D eigenvalue weighted by molar-refractivity contribution is 0.499. The van der Waals surface area contributed by atoms with Crippen molar-refractivity contribution in [3.8, 4) is 6.07 Å². The van der Waals surface area contributed by atoms with Crippen LogP contribution in [0.25, 0.3) is 0 Å². The van der Waals surface area contributed by atoms with Gasteiger partial charge in [0.15, 0.2) is 11.6 Å². The summed E-state index contributed by atoms with van der Waals surface area (Å²) in [6.45, 7) is 4.73. The van der Waals surface area contributed by atoms with E-state index in [4.69, 9.17) is 5.26 Å². The number of anilines is 1. The molecule has 1 rings (SSSR count). The number of halogens is 2. The number of hydrogen-bond donors (Lipinski definition) is 1. The molecule has 0 saturated carbocycles. The Bertz CT molecular complexity index is 420. The van der Waals surface area contributed by atoms with E-state index >= 15 is 0 Å². The van der Waals surface area contributed by atoms with Crippen LogP contribution < -0.4 is 5.32 Å².